The minimum absolute atomic E-state index is 0.0149. The van der Waals surface area contributed by atoms with E-state index in [1.54, 1.807) is 4.90 Å². The zero-order valence-electron chi connectivity index (χ0n) is 12.3. The fourth-order valence-corrected chi connectivity index (χ4v) is 2.31. The fourth-order valence-electron chi connectivity index (χ4n) is 2.31. The highest BCUT2D eigenvalue weighted by molar-refractivity contribution is 5.96. The molecule has 3 N–H and O–H groups in total. The van der Waals surface area contributed by atoms with Crippen LogP contribution in [0.1, 0.15) is 37.0 Å². The summed E-state index contributed by atoms with van der Waals surface area (Å²) >= 11 is 0. The lowest BCUT2D eigenvalue weighted by atomic mass is 10.1. The third kappa shape index (κ3) is 3.91. The molecule has 0 atom stereocenters. The molecule has 0 aliphatic carbocycles. The van der Waals surface area contributed by atoms with Gasteiger partial charge >= 0.3 is 0 Å². The standard InChI is InChI=1S/C14H21N3O4/c1-3-11(4-2)16(7-8-18)14(19)10-5-6-13(17(20)21)12(15)9-10/h5-6,9,11,18H,3-4,7-8,15H2,1-2H3. The number of rotatable bonds is 7. The monoisotopic (exact) mass is 295 g/mol. The van der Waals surface area contributed by atoms with Crippen LogP contribution in [0.25, 0.3) is 0 Å². The number of amides is 1. The Bertz CT molecular complexity index is 515. The van der Waals surface area contributed by atoms with Crippen molar-refractivity contribution in [3.8, 4) is 0 Å². The second-order valence-corrected chi connectivity index (χ2v) is 4.72. The summed E-state index contributed by atoms with van der Waals surface area (Å²) in [4.78, 5) is 24.3. The number of hydrogen-bond acceptors (Lipinski definition) is 5. The fraction of sp³-hybridized carbons (Fsp3) is 0.500. The van der Waals surface area contributed by atoms with Gasteiger partial charge in [-0.25, -0.2) is 0 Å². The Hall–Kier alpha value is -2.15. The maximum atomic E-state index is 12.5. The van der Waals surface area contributed by atoms with Crippen molar-refractivity contribution in [1.29, 1.82) is 0 Å². The van der Waals surface area contributed by atoms with E-state index in [4.69, 9.17) is 10.8 Å². The molecule has 0 radical (unpaired) electrons. The van der Waals surface area contributed by atoms with Gasteiger partial charge in [0.15, 0.2) is 0 Å². The number of benzene rings is 1. The molecule has 1 aromatic rings. The molecule has 7 heteroatoms. The summed E-state index contributed by atoms with van der Waals surface area (Å²) in [6, 6.07) is 3.95. The molecule has 0 bridgehead atoms. The van der Waals surface area contributed by atoms with E-state index in [-0.39, 0.29) is 36.5 Å². The lowest BCUT2D eigenvalue weighted by Gasteiger charge is -2.30. The molecular weight excluding hydrogens is 274 g/mol. The van der Waals surface area contributed by atoms with Crippen LogP contribution in [0.4, 0.5) is 11.4 Å². The molecule has 7 nitrogen and oxygen atoms in total. The number of carbonyl (C=O) groups excluding carboxylic acids is 1. The van der Waals surface area contributed by atoms with E-state index in [2.05, 4.69) is 0 Å². The largest absolute Gasteiger partial charge is 0.395 e. The van der Waals surface area contributed by atoms with Gasteiger partial charge in [-0.15, -0.1) is 0 Å². The van der Waals surface area contributed by atoms with E-state index in [0.29, 0.717) is 5.56 Å². The molecule has 0 heterocycles. The van der Waals surface area contributed by atoms with Crippen molar-refractivity contribution >= 4 is 17.3 Å². The molecule has 0 saturated carbocycles. The van der Waals surface area contributed by atoms with Gasteiger partial charge in [0, 0.05) is 24.2 Å². The molecule has 0 unspecified atom stereocenters. The van der Waals surface area contributed by atoms with Crippen LogP contribution in [-0.4, -0.2) is 40.0 Å². The van der Waals surface area contributed by atoms with E-state index in [1.807, 2.05) is 13.8 Å². The Morgan fingerprint density at radius 2 is 2.05 bits per heavy atom. The molecule has 0 saturated heterocycles. The quantitative estimate of drug-likeness (QED) is 0.453. The predicted octanol–water partition coefficient (Wildman–Crippen LogP) is 1.80. The summed E-state index contributed by atoms with van der Waals surface area (Å²) in [6.45, 7) is 4.03. The first-order valence-corrected chi connectivity index (χ1v) is 6.91. The third-order valence-electron chi connectivity index (χ3n) is 3.46. The lowest BCUT2D eigenvalue weighted by Crippen LogP contribution is -2.41. The smallest absolute Gasteiger partial charge is 0.292 e. The highest BCUT2D eigenvalue weighted by atomic mass is 16.6. The van der Waals surface area contributed by atoms with Crippen molar-refractivity contribution in [2.75, 3.05) is 18.9 Å². The van der Waals surface area contributed by atoms with Crippen molar-refractivity contribution in [3.05, 3.63) is 33.9 Å². The molecule has 0 spiro atoms. The third-order valence-corrected chi connectivity index (χ3v) is 3.46. The van der Waals surface area contributed by atoms with Crippen molar-refractivity contribution in [1.82, 2.24) is 4.90 Å². The number of anilines is 1. The number of hydrogen-bond donors (Lipinski definition) is 2. The van der Waals surface area contributed by atoms with Crippen LogP contribution >= 0.6 is 0 Å². The molecule has 0 fully saturated rings. The van der Waals surface area contributed by atoms with Crippen LogP contribution in [0.2, 0.25) is 0 Å². The number of nitrogens with two attached hydrogens (primary N) is 1. The summed E-state index contributed by atoms with van der Waals surface area (Å²) in [5, 5.41) is 19.9. The number of nitrogens with zero attached hydrogens (tertiary/aromatic N) is 2. The lowest BCUT2D eigenvalue weighted by molar-refractivity contribution is -0.383. The van der Waals surface area contributed by atoms with Gasteiger partial charge in [0.1, 0.15) is 5.69 Å². The summed E-state index contributed by atoms with van der Waals surface area (Å²) in [5.41, 5.74) is 5.64. The summed E-state index contributed by atoms with van der Waals surface area (Å²) in [7, 11) is 0. The maximum Gasteiger partial charge on any atom is 0.292 e. The Morgan fingerprint density at radius 1 is 1.43 bits per heavy atom. The molecule has 0 aromatic heterocycles. The Balaban J connectivity index is 3.09. The van der Waals surface area contributed by atoms with Gasteiger partial charge in [-0.3, -0.25) is 14.9 Å². The van der Waals surface area contributed by atoms with Gasteiger partial charge in [0.05, 0.1) is 11.5 Å². The molecular formula is C14H21N3O4. The molecule has 1 aromatic carbocycles. The van der Waals surface area contributed by atoms with Crippen LogP contribution in [0, 0.1) is 10.1 Å². The highest BCUT2D eigenvalue weighted by Gasteiger charge is 2.23. The minimum Gasteiger partial charge on any atom is -0.395 e. The van der Waals surface area contributed by atoms with E-state index in [9.17, 15) is 14.9 Å². The highest BCUT2D eigenvalue weighted by Crippen LogP contribution is 2.23. The first-order chi connectivity index (χ1) is 9.96. The SMILES string of the molecule is CCC(CC)N(CCO)C(=O)c1ccc([N+](=O)[O-])c(N)c1. The summed E-state index contributed by atoms with van der Waals surface area (Å²) < 4.78 is 0. The molecule has 0 aliphatic heterocycles. The molecule has 1 amide bonds. The van der Waals surface area contributed by atoms with E-state index >= 15 is 0 Å². The van der Waals surface area contributed by atoms with Gasteiger partial charge in [-0.2, -0.15) is 0 Å². The van der Waals surface area contributed by atoms with E-state index < -0.39 is 4.92 Å². The van der Waals surface area contributed by atoms with E-state index in [1.165, 1.54) is 18.2 Å². The summed E-state index contributed by atoms with van der Waals surface area (Å²) in [5.74, 6) is -0.278. The van der Waals surface area contributed by atoms with Crippen LogP contribution in [-0.2, 0) is 0 Å². The predicted molar refractivity (Wildman–Crippen MR) is 80.0 cm³/mol. The van der Waals surface area contributed by atoms with Crippen LogP contribution < -0.4 is 5.73 Å². The second-order valence-electron chi connectivity index (χ2n) is 4.72. The number of nitro benzene ring substituents is 1. The number of aliphatic hydroxyl groups is 1. The Morgan fingerprint density at radius 3 is 2.48 bits per heavy atom. The topological polar surface area (TPSA) is 110 Å². The number of nitrogen functional groups attached to an aromatic ring is 1. The van der Waals surface area contributed by atoms with Gasteiger partial charge in [0.25, 0.3) is 11.6 Å². The Labute approximate surface area is 123 Å². The van der Waals surface area contributed by atoms with Crippen molar-refractivity contribution in [2.45, 2.75) is 32.7 Å². The number of aliphatic hydroxyl groups excluding tert-OH is 1. The molecule has 1 rings (SSSR count). The zero-order valence-corrected chi connectivity index (χ0v) is 12.3. The Kier molecular flexibility index (Phi) is 6.10. The normalized spacial score (nSPS) is 10.7. The van der Waals surface area contributed by atoms with Crippen molar-refractivity contribution < 1.29 is 14.8 Å². The maximum absolute atomic E-state index is 12.5. The average molecular weight is 295 g/mol. The van der Waals surface area contributed by atoms with Gasteiger partial charge in [0.2, 0.25) is 0 Å². The van der Waals surface area contributed by atoms with Crippen LogP contribution in [0.15, 0.2) is 18.2 Å². The van der Waals surface area contributed by atoms with Gasteiger partial charge < -0.3 is 15.7 Å². The van der Waals surface area contributed by atoms with Gasteiger partial charge in [-0.1, -0.05) is 13.8 Å². The zero-order chi connectivity index (χ0) is 16.0. The number of nitro groups is 1. The average Bonchev–Trinajstić information content (AvgIpc) is 2.46. The molecule has 21 heavy (non-hydrogen) atoms. The van der Waals surface area contributed by atoms with Crippen molar-refractivity contribution in [3.63, 3.8) is 0 Å². The molecule has 0 aliphatic rings. The second kappa shape index (κ2) is 7.58. The van der Waals surface area contributed by atoms with Crippen LogP contribution in [0.5, 0.6) is 0 Å². The first kappa shape index (κ1) is 16.9. The molecule has 116 valence electrons. The van der Waals surface area contributed by atoms with Gasteiger partial charge in [-0.05, 0) is 25.0 Å². The first-order valence-electron chi connectivity index (χ1n) is 6.91. The van der Waals surface area contributed by atoms with E-state index in [0.717, 1.165) is 12.8 Å². The minimum atomic E-state index is -0.587. The summed E-state index contributed by atoms with van der Waals surface area (Å²) in [6.07, 6.45) is 1.54. The van der Waals surface area contributed by atoms with Crippen LogP contribution in [0.3, 0.4) is 0 Å². The van der Waals surface area contributed by atoms with Crippen molar-refractivity contribution in [2.24, 2.45) is 0 Å². The number of carbonyl (C=O) groups is 1.